The number of anilines is 1. The van der Waals surface area contributed by atoms with Gasteiger partial charge in [-0.15, -0.1) is 10.2 Å². The molecule has 2 amide bonds. The van der Waals surface area contributed by atoms with E-state index in [4.69, 9.17) is 0 Å². The van der Waals surface area contributed by atoms with Crippen molar-refractivity contribution in [3.63, 3.8) is 0 Å². The Morgan fingerprint density at radius 2 is 1.86 bits per heavy atom. The van der Waals surface area contributed by atoms with E-state index in [0.29, 0.717) is 23.7 Å². The lowest BCUT2D eigenvalue weighted by Gasteiger charge is -2.21. The van der Waals surface area contributed by atoms with Crippen molar-refractivity contribution in [3.8, 4) is 10.6 Å². The van der Waals surface area contributed by atoms with Crippen LogP contribution in [0.25, 0.3) is 10.6 Å². The lowest BCUT2D eigenvalue weighted by atomic mass is 10.1. The summed E-state index contributed by atoms with van der Waals surface area (Å²) in [6, 6.07) is 4.60. The van der Waals surface area contributed by atoms with Gasteiger partial charge in [0, 0.05) is 31.0 Å². The first kappa shape index (κ1) is 21.2. The molecule has 0 atom stereocenters. The first-order chi connectivity index (χ1) is 13.8. The van der Waals surface area contributed by atoms with Gasteiger partial charge in [-0.3, -0.25) is 9.59 Å². The Morgan fingerprint density at radius 1 is 1.17 bits per heavy atom. The van der Waals surface area contributed by atoms with Gasteiger partial charge in [0.05, 0.1) is 5.56 Å². The normalized spacial score (nSPS) is 13.9. The quantitative estimate of drug-likeness (QED) is 0.687. The average Bonchev–Trinajstić information content (AvgIpc) is 3.43. The van der Waals surface area contributed by atoms with Crippen molar-refractivity contribution in [1.29, 1.82) is 0 Å². The van der Waals surface area contributed by atoms with Gasteiger partial charge in [0.2, 0.25) is 16.9 Å². The smallest absolute Gasteiger partial charge is 0.342 e. The fourth-order valence-corrected chi connectivity index (χ4v) is 3.57. The minimum absolute atomic E-state index is 0.110. The Morgan fingerprint density at radius 3 is 2.45 bits per heavy atom. The van der Waals surface area contributed by atoms with E-state index in [0.717, 1.165) is 42.7 Å². The lowest BCUT2D eigenvalue weighted by molar-refractivity contribution is -0.137. The molecule has 156 valence electrons. The largest absolute Gasteiger partial charge is 0.416 e. The van der Waals surface area contributed by atoms with Gasteiger partial charge < -0.3 is 10.2 Å². The first-order valence-corrected chi connectivity index (χ1v) is 10.2. The van der Waals surface area contributed by atoms with E-state index in [1.807, 2.05) is 6.92 Å². The summed E-state index contributed by atoms with van der Waals surface area (Å²) in [6.07, 6.45) is -1.59. The molecule has 0 spiro atoms. The summed E-state index contributed by atoms with van der Waals surface area (Å²) in [4.78, 5) is 26.1. The van der Waals surface area contributed by atoms with E-state index in [1.165, 1.54) is 12.1 Å². The van der Waals surface area contributed by atoms with Gasteiger partial charge in [0.1, 0.15) is 5.01 Å². The minimum atomic E-state index is -4.40. The van der Waals surface area contributed by atoms with Gasteiger partial charge >= 0.3 is 6.18 Å². The van der Waals surface area contributed by atoms with E-state index in [9.17, 15) is 22.8 Å². The van der Waals surface area contributed by atoms with Crippen LogP contribution in [0.15, 0.2) is 24.3 Å². The maximum atomic E-state index is 12.6. The highest BCUT2D eigenvalue weighted by atomic mass is 32.1. The molecule has 1 N–H and O–H groups in total. The third-order valence-electron chi connectivity index (χ3n) is 4.47. The summed E-state index contributed by atoms with van der Waals surface area (Å²) in [6.45, 7) is 2.95. The highest BCUT2D eigenvalue weighted by Crippen LogP contribution is 2.33. The number of nitrogens with one attached hydrogen (secondary N) is 1. The molecule has 1 aliphatic carbocycles. The topological polar surface area (TPSA) is 75.2 Å². The van der Waals surface area contributed by atoms with Gasteiger partial charge in [0.15, 0.2) is 0 Å². The predicted molar refractivity (Wildman–Crippen MR) is 103 cm³/mol. The highest BCUT2D eigenvalue weighted by molar-refractivity contribution is 7.18. The SMILES string of the molecule is CCCN(CCC(=O)Nc1nnc(-c2ccc(C(F)(F)F)cc2)s1)C(=O)C1CC1. The summed E-state index contributed by atoms with van der Waals surface area (Å²) >= 11 is 1.08. The van der Waals surface area contributed by atoms with Gasteiger partial charge in [-0.1, -0.05) is 30.4 Å². The third-order valence-corrected chi connectivity index (χ3v) is 5.36. The molecular weight excluding hydrogens is 405 g/mol. The molecule has 6 nitrogen and oxygen atoms in total. The van der Waals surface area contributed by atoms with Crippen molar-refractivity contribution >= 4 is 28.3 Å². The number of carbonyl (C=O) groups excluding carboxylic acids is 2. The maximum Gasteiger partial charge on any atom is 0.416 e. The van der Waals surface area contributed by atoms with Crippen LogP contribution in [0.3, 0.4) is 0 Å². The summed E-state index contributed by atoms with van der Waals surface area (Å²) in [5.74, 6) is -0.0657. The summed E-state index contributed by atoms with van der Waals surface area (Å²) < 4.78 is 37.9. The Bertz CT molecular complexity index is 863. The number of alkyl halides is 3. The highest BCUT2D eigenvalue weighted by Gasteiger charge is 2.33. The van der Waals surface area contributed by atoms with Gasteiger partial charge in [-0.25, -0.2) is 0 Å². The molecule has 1 heterocycles. The number of hydrogen-bond donors (Lipinski definition) is 1. The molecule has 0 radical (unpaired) electrons. The summed E-state index contributed by atoms with van der Waals surface area (Å²) in [5, 5.41) is 11.1. The second-order valence-corrected chi connectivity index (χ2v) is 7.86. The number of benzene rings is 1. The monoisotopic (exact) mass is 426 g/mol. The number of halogens is 3. The molecule has 0 saturated heterocycles. The molecule has 0 bridgehead atoms. The fraction of sp³-hybridized carbons (Fsp3) is 0.474. The molecule has 0 aliphatic heterocycles. The van der Waals surface area contributed by atoms with Crippen LogP contribution in [0.2, 0.25) is 0 Å². The van der Waals surface area contributed by atoms with Crippen LogP contribution in [0.4, 0.5) is 18.3 Å². The standard InChI is InChI=1S/C19H21F3N4O2S/c1-2-10-26(17(28)13-3-4-13)11-9-15(27)23-18-25-24-16(29-18)12-5-7-14(8-6-12)19(20,21)22/h5-8,13H,2-4,9-11H2,1H3,(H,23,25,27). The van der Waals surface area contributed by atoms with Crippen LogP contribution < -0.4 is 5.32 Å². The second-order valence-electron chi connectivity index (χ2n) is 6.89. The first-order valence-electron chi connectivity index (χ1n) is 9.37. The summed E-state index contributed by atoms with van der Waals surface area (Å²) in [7, 11) is 0. The molecule has 1 fully saturated rings. The fourth-order valence-electron chi connectivity index (χ4n) is 2.80. The van der Waals surface area contributed by atoms with Crippen LogP contribution in [0.5, 0.6) is 0 Å². The lowest BCUT2D eigenvalue weighted by Crippen LogP contribution is -2.35. The van der Waals surface area contributed by atoms with Crippen molar-refractivity contribution in [2.75, 3.05) is 18.4 Å². The van der Waals surface area contributed by atoms with E-state index in [-0.39, 0.29) is 29.3 Å². The van der Waals surface area contributed by atoms with Gasteiger partial charge in [0.25, 0.3) is 0 Å². The number of hydrogen-bond acceptors (Lipinski definition) is 5. The van der Waals surface area contributed by atoms with Crippen LogP contribution in [-0.4, -0.2) is 40.0 Å². The Balaban J connectivity index is 1.55. The molecule has 29 heavy (non-hydrogen) atoms. The average molecular weight is 426 g/mol. The molecule has 1 aliphatic rings. The number of aromatic nitrogens is 2. The van der Waals surface area contributed by atoms with E-state index >= 15 is 0 Å². The maximum absolute atomic E-state index is 12.6. The van der Waals surface area contributed by atoms with Crippen molar-refractivity contribution in [3.05, 3.63) is 29.8 Å². The summed E-state index contributed by atoms with van der Waals surface area (Å²) in [5.41, 5.74) is -0.253. The molecule has 3 rings (SSSR count). The zero-order valence-corrected chi connectivity index (χ0v) is 16.6. The number of carbonyl (C=O) groups is 2. The minimum Gasteiger partial charge on any atom is -0.342 e. The number of rotatable bonds is 8. The molecule has 1 aromatic carbocycles. The third kappa shape index (κ3) is 5.75. The van der Waals surface area contributed by atoms with E-state index in [2.05, 4.69) is 15.5 Å². The Labute approximate surface area is 170 Å². The molecule has 1 aromatic heterocycles. The van der Waals surface area contributed by atoms with Crippen LogP contribution in [-0.2, 0) is 15.8 Å². The van der Waals surface area contributed by atoms with Gasteiger partial charge in [-0.2, -0.15) is 13.2 Å². The van der Waals surface area contributed by atoms with Crippen LogP contribution in [0, 0.1) is 5.92 Å². The van der Waals surface area contributed by atoms with Crippen LogP contribution >= 0.6 is 11.3 Å². The molecule has 0 unspecified atom stereocenters. The molecule has 1 saturated carbocycles. The second kappa shape index (κ2) is 8.89. The number of amides is 2. The molecular formula is C19H21F3N4O2S. The zero-order chi connectivity index (χ0) is 21.0. The van der Waals surface area contributed by atoms with Gasteiger partial charge in [-0.05, 0) is 31.4 Å². The van der Waals surface area contributed by atoms with Crippen molar-refractivity contribution < 1.29 is 22.8 Å². The van der Waals surface area contributed by atoms with Crippen molar-refractivity contribution in [2.45, 2.75) is 38.8 Å². The zero-order valence-electron chi connectivity index (χ0n) is 15.8. The molecule has 10 heteroatoms. The Hall–Kier alpha value is -2.49. The van der Waals surface area contributed by atoms with E-state index < -0.39 is 11.7 Å². The predicted octanol–water partition coefficient (Wildman–Crippen LogP) is 4.20. The Kier molecular flexibility index (Phi) is 6.51. The van der Waals surface area contributed by atoms with Crippen molar-refractivity contribution in [2.24, 2.45) is 5.92 Å². The van der Waals surface area contributed by atoms with Crippen LogP contribution in [0.1, 0.15) is 38.2 Å². The molecule has 2 aromatic rings. The van der Waals surface area contributed by atoms with Crippen molar-refractivity contribution in [1.82, 2.24) is 15.1 Å². The number of nitrogens with zero attached hydrogens (tertiary/aromatic N) is 3. The van der Waals surface area contributed by atoms with E-state index in [1.54, 1.807) is 4.90 Å².